The van der Waals surface area contributed by atoms with E-state index in [0.29, 0.717) is 23.5 Å². The first-order valence-electron chi connectivity index (χ1n) is 13.1. The van der Waals surface area contributed by atoms with Gasteiger partial charge in [-0.3, -0.25) is 9.52 Å². The summed E-state index contributed by atoms with van der Waals surface area (Å²) >= 11 is 0. The minimum atomic E-state index is -3.44. The highest BCUT2D eigenvalue weighted by atomic mass is 32.2. The lowest BCUT2D eigenvalue weighted by atomic mass is 9.83. The second kappa shape index (κ2) is 11.8. The number of nitrogens with one attached hydrogen (secondary N) is 2. The quantitative estimate of drug-likeness (QED) is 0.342. The maximum atomic E-state index is 14.0. The van der Waals surface area contributed by atoms with E-state index in [1.165, 1.54) is 6.07 Å². The normalized spacial score (nSPS) is 14.7. The fraction of sp³-hybridized carbons (Fsp3) is 0.367. The summed E-state index contributed by atoms with van der Waals surface area (Å²) in [6, 6.07) is 12.0. The largest absolute Gasteiger partial charge is 0.496 e. The Morgan fingerprint density at radius 1 is 1.08 bits per heavy atom. The molecule has 2 aromatic carbocycles. The first-order chi connectivity index (χ1) is 18.4. The molecule has 3 aromatic rings. The number of likely N-dealkylation sites (tertiary alicyclic amines) is 1. The van der Waals surface area contributed by atoms with Gasteiger partial charge in [0.05, 0.1) is 12.9 Å². The van der Waals surface area contributed by atoms with Crippen LogP contribution in [0.15, 0.2) is 53.5 Å². The predicted octanol–water partition coefficient (Wildman–Crippen LogP) is 5.50. The summed E-state index contributed by atoms with van der Waals surface area (Å²) in [5, 5.41) is 0. The van der Waals surface area contributed by atoms with E-state index in [1.807, 2.05) is 51.1 Å². The molecule has 0 saturated carbocycles. The number of pyridine rings is 1. The Bertz CT molecular complexity index is 1500. The number of H-pyrrole nitrogens is 1. The first-order valence-corrected chi connectivity index (χ1v) is 14.7. The molecule has 1 aliphatic rings. The molecular formula is C30H36FN3O4S. The Hall–Kier alpha value is -3.43. The van der Waals surface area contributed by atoms with Crippen LogP contribution in [0.1, 0.15) is 50.3 Å². The fourth-order valence-electron chi connectivity index (χ4n) is 4.72. The fourth-order valence-corrected chi connectivity index (χ4v) is 5.82. The molecule has 1 aliphatic heterocycles. The van der Waals surface area contributed by atoms with Crippen molar-refractivity contribution in [1.82, 2.24) is 9.88 Å². The van der Waals surface area contributed by atoms with Crippen molar-refractivity contribution in [2.75, 3.05) is 37.2 Å². The van der Waals surface area contributed by atoms with Crippen LogP contribution in [0.25, 0.3) is 23.3 Å². The summed E-state index contributed by atoms with van der Waals surface area (Å²) in [5.41, 5.74) is 3.10. The van der Waals surface area contributed by atoms with Crippen LogP contribution in [-0.4, -0.2) is 50.8 Å². The molecule has 1 aromatic heterocycles. The summed E-state index contributed by atoms with van der Waals surface area (Å²) in [6.45, 7) is 8.59. The van der Waals surface area contributed by atoms with Crippen LogP contribution >= 0.6 is 0 Å². The van der Waals surface area contributed by atoms with Crippen LogP contribution < -0.4 is 15.0 Å². The maximum Gasteiger partial charge on any atom is 0.256 e. The zero-order chi connectivity index (χ0) is 28.2. The van der Waals surface area contributed by atoms with E-state index < -0.39 is 15.8 Å². The standard InChI is InChI=1S/C30H36FN3O4S/c1-30(2,3)27-18-23(26-19-24(31)20-32-29(26)35)17-22(28(27)38-4)10-7-21-8-11-25(12-9-21)33-39(36,37)16-15-34-13-5-6-14-34/h7-12,17-20,33H,5-6,13-16H2,1-4H3,(H,32,35)/b10-7+. The van der Waals surface area contributed by atoms with E-state index in [-0.39, 0.29) is 22.3 Å². The van der Waals surface area contributed by atoms with Gasteiger partial charge in [0.25, 0.3) is 5.56 Å². The smallest absolute Gasteiger partial charge is 0.256 e. The van der Waals surface area contributed by atoms with Gasteiger partial charge >= 0.3 is 0 Å². The van der Waals surface area contributed by atoms with Gasteiger partial charge in [-0.2, -0.15) is 0 Å². The molecule has 208 valence electrons. The van der Waals surface area contributed by atoms with Gasteiger partial charge in [-0.15, -0.1) is 0 Å². The van der Waals surface area contributed by atoms with E-state index in [4.69, 9.17) is 4.74 Å². The monoisotopic (exact) mass is 553 g/mol. The Morgan fingerprint density at radius 2 is 1.77 bits per heavy atom. The van der Waals surface area contributed by atoms with Crippen LogP contribution in [-0.2, 0) is 15.4 Å². The van der Waals surface area contributed by atoms with Crippen molar-refractivity contribution in [3.63, 3.8) is 0 Å². The topological polar surface area (TPSA) is 91.5 Å². The molecule has 1 fully saturated rings. The third kappa shape index (κ3) is 7.36. The minimum absolute atomic E-state index is 0.0645. The van der Waals surface area contributed by atoms with E-state index in [9.17, 15) is 17.6 Å². The maximum absolute atomic E-state index is 14.0. The molecule has 4 rings (SSSR count). The molecule has 2 heterocycles. The van der Waals surface area contributed by atoms with Gasteiger partial charge in [0, 0.05) is 35.1 Å². The van der Waals surface area contributed by atoms with Crippen molar-refractivity contribution in [3.05, 3.63) is 81.5 Å². The Labute approximate surface area is 229 Å². The highest BCUT2D eigenvalue weighted by Gasteiger charge is 2.23. The number of aromatic amines is 1. The van der Waals surface area contributed by atoms with Crippen LogP contribution in [0.2, 0.25) is 0 Å². The average Bonchev–Trinajstić information content (AvgIpc) is 3.41. The number of hydrogen-bond acceptors (Lipinski definition) is 5. The summed E-state index contributed by atoms with van der Waals surface area (Å²) in [5.74, 6) is 0.203. The van der Waals surface area contributed by atoms with Crippen molar-refractivity contribution >= 4 is 27.9 Å². The van der Waals surface area contributed by atoms with Gasteiger partial charge in [-0.05, 0) is 72.8 Å². The molecule has 9 heteroatoms. The number of sulfonamides is 1. The molecule has 0 aliphatic carbocycles. The number of halogens is 1. The summed E-state index contributed by atoms with van der Waals surface area (Å²) < 4.78 is 47.4. The van der Waals surface area contributed by atoms with Crippen molar-refractivity contribution in [2.45, 2.75) is 39.0 Å². The lowest BCUT2D eigenvalue weighted by Gasteiger charge is -2.24. The zero-order valence-electron chi connectivity index (χ0n) is 22.9. The number of hydrogen-bond donors (Lipinski definition) is 2. The molecule has 0 unspecified atom stereocenters. The van der Waals surface area contributed by atoms with Gasteiger partial charge < -0.3 is 14.6 Å². The summed E-state index contributed by atoms with van der Waals surface area (Å²) in [7, 11) is -1.84. The second-order valence-corrected chi connectivity index (χ2v) is 12.7. The van der Waals surface area contributed by atoms with E-state index in [1.54, 1.807) is 25.3 Å². The minimum Gasteiger partial charge on any atom is -0.496 e. The zero-order valence-corrected chi connectivity index (χ0v) is 23.7. The van der Waals surface area contributed by atoms with E-state index in [2.05, 4.69) is 14.6 Å². The number of rotatable bonds is 9. The Balaban J connectivity index is 1.59. The van der Waals surface area contributed by atoms with Crippen molar-refractivity contribution in [1.29, 1.82) is 0 Å². The predicted molar refractivity (Wildman–Crippen MR) is 156 cm³/mol. The molecule has 7 nitrogen and oxygen atoms in total. The third-order valence-corrected chi connectivity index (χ3v) is 8.09. The van der Waals surface area contributed by atoms with Gasteiger partial charge in [0.15, 0.2) is 0 Å². The van der Waals surface area contributed by atoms with E-state index in [0.717, 1.165) is 48.8 Å². The molecular weight excluding hydrogens is 517 g/mol. The van der Waals surface area contributed by atoms with Crippen LogP contribution in [0.4, 0.5) is 10.1 Å². The number of anilines is 1. The van der Waals surface area contributed by atoms with Crippen molar-refractivity contribution < 1.29 is 17.5 Å². The highest BCUT2D eigenvalue weighted by molar-refractivity contribution is 7.92. The van der Waals surface area contributed by atoms with Crippen LogP contribution in [0.5, 0.6) is 5.75 Å². The molecule has 2 N–H and O–H groups in total. The van der Waals surface area contributed by atoms with E-state index >= 15 is 0 Å². The average molecular weight is 554 g/mol. The van der Waals surface area contributed by atoms with Crippen LogP contribution in [0.3, 0.4) is 0 Å². The lowest BCUT2D eigenvalue weighted by Crippen LogP contribution is -2.29. The molecule has 39 heavy (non-hydrogen) atoms. The van der Waals surface area contributed by atoms with Crippen molar-refractivity contribution in [2.24, 2.45) is 0 Å². The van der Waals surface area contributed by atoms with Gasteiger partial charge in [0.1, 0.15) is 11.6 Å². The highest BCUT2D eigenvalue weighted by Crippen LogP contribution is 2.38. The first kappa shape index (κ1) is 28.6. The van der Waals surface area contributed by atoms with Crippen LogP contribution in [0, 0.1) is 5.82 Å². The van der Waals surface area contributed by atoms with Gasteiger partial charge in [-0.1, -0.05) is 45.1 Å². The second-order valence-electron chi connectivity index (χ2n) is 10.9. The lowest BCUT2D eigenvalue weighted by molar-refractivity contribution is 0.359. The Morgan fingerprint density at radius 3 is 2.41 bits per heavy atom. The Kier molecular flexibility index (Phi) is 8.61. The van der Waals surface area contributed by atoms with Gasteiger partial charge in [-0.25, -0.2) is 12.8 Å². The number of benzene rings is 2. The number of ether oxygens (including phenoxy) is 1. The SMILES string of the molecule is COc1c(/C=C/c2ccc(NS(=O)(=O)CCN3CCCC3)cc2)cc(-c2cc(F)c[nH]c2=O)cc1C(C)(C)C. The third-order valence-electron chi connectivity index (χ3n) is 6.82. The molecule has 0 amide bonds. The number of methoxy groups -OCH3 is 1. The number of aromatic nitrogens is 1. The number of nitrogens with zero attached hydrogens (tertiary/aromatic N) is 1. The summed E-state index contributed by atoms with van der Waals surface area (Å²) in [6.07, 6.45) is 7.05. The van der Waals surface area contributed by atoms with Gasteiger partial charge in [0.2, 0.25) is 10.0 Å². The molecule has 0 atom stereocenters. The molecule has 0 spiro atoms. The van der Waals surface area contributed by atoms with Crippen molar-refractivity contribution in [3.8, 4) is 16.9 Å². The summed E-state index contributed by atoms with van der Waals surface area (Å²) in [4.78, 5) is 17.1. The molecule has 0 bridgehead atoms. The molecule has 1 saturated heterocycles. The molecule has 0 radical (unpaired) electrons.